The Bertz CT molecular complexity index is 1510. The van der Waals surface area contributed by atoms with E-state index in [-0.39, 0.29) is 12.0 Å². The molecule has 0 radical (unpaired) electrons. The molecule has 6 rings (SSSR count). The topological polar surface area (TPSA) is 130 Å². The van der Waals surface area contributed by atoms with Crippen LogP contribution in [-0.4, -0.2) is 74.1 Å². The molecule has 0 aliphatic carbocycles. The van der Waals surface area contributed by atoms with Gasteiger partial charge >= 0.3 is 0 Å². The van der Waals surface area contributed by atoms with Gasteiger partial charge in [0.25, 0.3) is 5.91 Å². The molecule has 1 amide bonds. The molecule has 1 fully saturated rings. The maximum Gasteiger partial charge on any atom is 0.255 e. The molecular formula is C25H28N10O2. The molecule has 0 spiro atoms. The zero-order chi connectivity index (χ0) is 25.5. The fraction of sp³-hybridized carbons (Fsp3) is 0.360. The molecule has 12 nitrogen and oxygen atoms in total. The Balaban J connectivity index is 1.27. The number of amides is 1. The van der Waals surface area contributed by atoms with E-state index in [1.807, 2.05) is 49.3 Å². The Hall–Kier alpha value is -4.32. The minimum atomic E-state index is -0.195. The monoisotopic (exact) mass is 500 g/mol. The molecule has 0 bridgehead atoms. The van der Waals surface area contributed by atoms with Gasteiger partial charge in [-0.05, 0) is 54.1 Å². The van der Waals surface area contributed by atoms with Crippen molar-refractivity contribution in [1.82, 2.24) is 35.4 Å². The van der Waals surface area contributed by atoms with E-state index in [1.165, 1.54) is 0 Å². The summed E-state index contributed by atoms with van der Waals surface area (Å²) in [5.41, 5.74) is 4.74. The molecule has 0 unspecified atom stereocenters. The van der Waals surface area contributed by atoms with Crippen LogP contribution < -0.4 is 15.1 Å². The lowest BCUT2D eigenvalue weighted by Crippen LogP contribution is -2.42. The van der Waals surface area contributed by atoms with E-state index in [9.17, 15) is 4.79 Å². The number of allylic oxidation sites excluding steroid dienone is 1. The fourth-order valence-corrected chi connectivity index (χ4v) is 4.83. The summed E-state index contributed by atoms with van der Waals surface area (Å²) in [4.78, 5) is 21.9. The van der Waals surface area contributed by atoms with Gasteiger partial charge in [-0.3, -0.25) is 9.89 Å². The van der Waals surface area contributed by atoms with Crippen molar-refractivity contribution in [3.8, 4) is 11.3 Å². The Kier molecular flexibility index (Phi) is 5.80. The number of ether oxygens (including phenoxy) is 1. The summed E-state index contributed by atoms with van der Waals surface area (Å²) in [6, 6.07) is 9.75. The Morgan fingerprint density at radius 1 is 1.27 bits per heavy atom. The highest BCUT2D eigenvalue weighted by Gasteiger charge is 2.27. The number of carbonyl (C=O) groups excluding carboxylic acids is 1. The SMILES string of the molecule is CC[C@@H]1CN(c2cc(-c3n[nH]c4ccc(NC(=O)C5=C(C)N(C)c6nnnn6C5)cc34)ccn2)CCO1. The lowest BCUT2D eigenvalue weighted by molar-refractivity contribution is -0.113. The maximum absolute atomic E-state index is 13.2. The predicted octanol–water partition coefficient (Wildman–Crippen LogP) is 2.59. The zero-order valence-electron chi connectivity index (χ0n) is 21.0. The van der Waals surface area contributed by atoms with Crippen LogP contribution in [0.4, 0.5) is 17.5 Å². The third-order valence-electron chi connectivity index (χ3n) is 7.09. The number of fused-ring (bicyclic) bond motifs is 2. The van der Waals surface area contributed by atoms with Crippen LogP contribution in [0.25, 0.3) is 22.2 Å². The van der Waals surface area contributed by atoms with Gasteiger partial charge in [0.2, 0.25) is 5.95 Å². The smallest absolute Gasteiger partial charge is 0.255 e. The van der Waals surface area contributed by atoms with Crippen molar-refractivity contribution < 1.29 is 9.53 Å². The number of rotatable bonds is 5. The van der Waals surface area contributed by atoms with Gasteiger partial charge in [0.15, 0.2) is 0 Å². The van der Waals surface area contributed by atoms with Gasteiger partial charge in [0.1, 0.15) is 11.5 Å². The maximum atomic E-state index is 13.2. The number of aromatic amines is 1. The number of nitrogens with zero attached hydrogens (tertiary/aromatic N) is 8. The van der Waals surface area contributed by atoms with Crippen LogP contribution in [0.5, 0.6) is 0 Å². The van der Waals surface area contributed by atoms with Gasteiger partial charge in [0.05, 0.1) is 30.3 Å². The molecule has 12 heteroatoms. The molecule has 1 aromatic carbocycles. The van der Waals surface area contributed by atoms with Crippen LogP contribution in [0.2, 0.25) is 0 Å². The first-order chi connectivity index (χ1) is 18.0. The number of nitrogens with one attached hydrogen (secondary N) is 2. The number of hydrogen-bond acceptors (Lipinski definition) is 9. The molecule has 37 heavy (non-hydrogen) atoms. The van der Waals surface area contributed by atoms with Crippen molar-refractivity contribution in [1.29, 1.82) is 0 Å². The highest BCUT2D eigenvalue weighted by Crippen LogP contribution is 2.31. The first-order valence-electron chi connectivity index (χ1n) is 12.3. The van der Waals surface area contributed by atoms with Crippen LogP contribution in [0.3, 0.4) is 0 Å². The lowest BCUT2D eigenvalue weighted by Gasteiger charge is -2.33. The second-order valence-electron chi connectivity index (χ2n) is 9.30. The molecular weight excluding hydrogens is 472 g/mol. The normalized spacial score (nSPS) is 17.9. The van der Waals surface area contributed by atoms with Crippen LogP contribution in [0.15, 0.2) is 47.8 Å². The van der Waals surface area contributed by atoms with Crippen molar-refractivity contribution in [3.63, 3.8) is 0 Å². The third-order valence-corrected chi connectivity index (χ3v) is 7.09. The number of pyridine rings is 1. The quantitative estimate of drug-likeness (QED) is 0.425. The Morgan fingerprint density at radius 3 is 3.03 bits per heavy atom. The minimum Gasteiger partial charge on any atom is -0.375 e. The summed E-state index contributed by atoms with van der Waals surface area (Å²) in [7, 11) is 1.84. The third kappa shape index (κ3) is 4.18. The van der Waals surface area contributed by atoms with Crippen LogP contribution >= 0.6 is 0 Å². The Labute approximate surface area is 213 Å². The van der Waals surface area contributed by atoms with E-state index in [0.29, 0.717) is 30.4 Å². The fourth-order valence-electron chi connectivity index (χ4n) is 4.83. The standard InChI is InChI=1S/C25H28N10O2/c1-4-18-13-34(9-10-37-18)22-11-16(7-8-26-22)23-19-12-17(5-6-21(19)28-29-23)27-24(36)20-14-35-25(30-31-32-35)33(3)15(20)2/h5-8,11-12,18H,4,9-10,13-14H2,1-3H3,(H,27,36)(H,28,29)/t18-/m1/s1. The molecule has 2 aliphatic rings. The molecule has 5 heterocycles. The van der Waals surface area contributed by atoms with Crippen LogP contribution in [0.1, 0.15) is 20.3 Å². The molecule has 1 atom stereocenters. The summed E-state index contributed by atoms with van der Waals surface area (Å²) in [6.07, 6.45) is 3.00. The number of tetrazole rings is 1. The van der Waals surface area contributed by atoms with E-state index in [4.69, 9.17) is 4.74 Å². The van der Waals surface area contributed by atoms with Gasteiger partial charge in [-0.2, -0.15) is 5.10 Å². The van der Waals surface area contributed by atoms with Gasteiger partial charge in [0, 0.05) is 48.7 Å². The van der Waals surface area contributed by atoms with Crippen molar-refractivity contribution in [2.45, 2.75) is 32.9 Å². The molecule has 1 saturated heterocycles. The average Bonchev–Trinajstić information content (AvgIpc) is 3.58. The number of H-pyrrole nitrogens is 1. The summed E-state index contributed by atoms with van der Waals surface area (Å²) in [6.45, 7) is 6.66. The number of carbonyl (C=O) groups is 1. The van der Waals surface area contributed by atoms with E-state index in [0.717, 1.165) is 53.2 Å². The molecule has 4 aromatic rings. The summed E-state index contributed by atoms with van der Waals surface area (Å²) < 4.78 is 7.42. The lowest BCUT2D eigenvalue weighted by atomic mass is 10.1. The number of morpholine rings is 1. The summed E-state index contributed by atoms with van der Waals surface area (Å²) >= 11 is 0. The minimum absolute atomic E-state index is 0.195. The van der Waals surface area contributed by atoms with E-state index >= 15 is 0 Å². The van der Waals surface area contributed by atoms with Gasteiger partial charge in [-0.15, -0.1) is 0 Å². The summed E-state index contributed by atoms with van der Waals surface area (Å²) in [5, 5.41) is 23.4. The highest BCUT2D eigenvalue weighted by atomic mass is 16.5. The average molecular weight is 501 g/mol. The first kappa shape index (κ1) is 23.1. The van der Waals surface area contributed by atoms with Crippen molar-refractivity contribution in [3.05, 3.63) is 47.8 Å². The van der Waals surface area contributed by atoms with Crippen LogP contribution in [-0.2, 0) is 16.1 Å². The second kappa shape index (κ2) is 9.28. The van der Waals surface area contributed by atoms with Gasteiger partial charge in [-0.25, -0.2) is 9.67 Å². The highest BCUT2D eigenvalue weighted by molar-refractivity contribution is 6.06. The molecule has 2 N–H and O–H groups in total. The number of hydrogen-bond donors (Lipinski definition) is 2. The Morgan fingerprint density at radius 2 is 2.16 bits per heavy atom. The van der Waals surface area contributed by atoms with Crippen molar-refractivity contribution >= 4 is 34.3 Å². The van der Waals surface area contributed by atoms with Crippen molar-refractivity contribution in [2.75, 3.05) is 41.9 Å². The molecule has 3 aromatic heterocycles. The second-order valence-corrected chi connectivity index (χ2v) is 9.30. The number of anilines is 3. The number of benzene rings is 1. The van der Waals surface area contributed by atoms with Crippen LogP contribution in [0, 0.1) is 0 Å². The first-order valence-corrected chi connectivity index (χ1v) is 12.3. The number of aromatic nitrogens is 7. The largest absolute Gasteiger partial charge is 0.375 e. The van der Waals surface area contributed by atoms with E-state index in [2.05, 4.69) is 53.9 Å². The molecule has 0 saturated carbocycles. The zero-order valence-corrected chi connectivity index (χ0v) is 21.0. The van der Waals surface area contributed by atoms with E-state index < -0.39 is 0 Å². The summed E-state index contributed by atoms with van der Waals surface area (Å²) in [5.74, 6) is 1.32. The van der Waals surface area contributed by atoms with Gasteiger partial charge < -0.3 is 19.9 Å². The predicted molar refractivity (Wildman–Crippen MR) is 139 cm³/mol. The van der Waals surface area contributed by atoms with E-state index in [1.54, 1.807) is 4.68 Å². The van der Waals surface area contributed by atoms with Crippen molar-refractivity contribution in [2.24, 2.45) is 0 Å². The molecule has 2 aliphatic heterocycles. The molecule has 190 valence electrons. The van der Waals surface area contributed by atoms with Gasteiger partial charge in [-0.1, -0.05) is 12.0 Å².